The van der Waals surface area contributed by atoms with E-state index in [4.69, 9.17) is 14.2 Å². The third-order valence-electron chi connectivity index (χ3n) is 4.43. The van der Waals surface area contributed by atoms with Gasteiger partial charge in [-0.2, -0.15) is 5.10 Å². The van der Waals surface area contributed by atoms with Gasteiger partial charge in [-0.3, -0.25) is 4.79 Å². The van der Waals surface area contributed by atoms with Gasteiger partial charge in [-0.05, 0) is 43.2 Å². The van der Waals surface area contributed by atoms with Crippen LogP contribution in [-0.2, 0) is 14.3 Å². The van der Waals surface area contributed by atoms with E-state index in [-0.39, 0.29) is 12.3 Å². The van der Waals surface area contributed by atoms with Crippen molar-refractivity contribution in [3.8, 4) is 5.75 Å². The Labute approximate surface area is 162 Å². The predicted molar refractivity (Wildman–Crippen MR) is 106 cm³/mol. The number of hydrogen-bond acceptors (Lipinski definition) is 5. The van der Waals surface area contributed by atoms with E-state index in [9.17, 15) is 4.79 Å². The maximum absolute atomic E-state index is 11.9. The van der Waals surface area contributed by atoms with Crippen LogP contribution in [0.1, 0.15) is 64.4 Å². The summed E-state index contributed by atoms with van der Waals surface area (Å²) < 4.78 is 16.6. The van der Waals surface area contributed by atoms with Crippen molar-refractivity contribution in [1.29, 1.82) is 0 Å². The molecule has 6 nitrogen and oxygen atoms in total. The van der Waals surface area contributed by atoms with Crippen LogP contribution in [-0.4, -0.2) is 37.7 Å². The van der Waals surface area contributed by atoms with Crippen molar-refractivity contribution >= 4 is 12.1 Å². The van der Waals surface area contributed by atoms with Crippen LogP contribution in [0.15, 0.2) is 29.4 Å². The Morgan fingerprint density at radius 3 is 2.52 bits per heavy atom. The largest absolute Gasteiger partial charge is 0.494 e. The number of nitrogens with one attached hydrogen (secondary N) is 1. The van der Waals surface area contributed by atoms with Gasteiger partial charge >= 0.3 is 0 Å². The lowest BCUT2D eigenvalue weighted by atomic mass is 10.1. The zero-order valence-corrected chi connectivity index (χ0v) is 16.5. The Hall–Kier alpha value is -1.92. The maximum Gasteiger partial charge on any atom is 0.245 e. The molecule has 0 saturated carbocycles. The topological polar surface area (TPSA) is 69.2 Å². The molecular formula is C21H32N2O4. The summed E-state index contributed by atoms with van der Waals surface area (Å²) in [5.41, 5.74) is 3.39. The second kappa shape index (κ2) is 11.7. The third kappa shape index (κ3) is 8.54. The van der Waals surface area contributed by atoms with E-state index in [1.54, 1.807) is 13.1 Å². The number of carbonyl (C=O) groups excluding carboxylic acids is 1. The molecule has 0 radical (unpaired) electrons. The molecule has 1 saturated heterocycles. The quantitative estimate of drug-likeness (QED) is 0.340. The summed E-state index contributed by atoms with van der Waals surface area (Å²) in [7, 11) is 0. The first kappa shape index (κ1) is 21.4. The minimum absolute atomic E-state index is 0.121. The zero-order valence-electron chi connectivity index (χ0n) is 16.5. The van der Waals surface area contributed by atoms with E-state index in [1.165, 1.54) is 32.1 Å². The molecule has 2 rings (SSSR count). The van der Waals surface area contributed by atoms with Crippen LogP contribution in [0.4, 0.5) is 0 Å². The highest BCUT2D eigenvalue weighted by Crippen LogP contribution is 2.22. The Bertz CT molecular complexity index is 580. The van der Waals surface area contributed by atoms with Gasteiger partial charge < -0.3 is 14.2 Å². The molecule has 0 aliphatic carbocycles. The molecule has 1 aliphatic heterocycles. The third-order valence-corrected chi connectivity index (χ3v) is 4.43. The number of ether oxygens (including phenoxy) is 3. The van der Waals surface area contributed by atoms with Crippen LogP contribution in [0.3, 0.4) is 0 Å². The SMILES string of the molecule is CCCCCCCCOc1ccc(C=NNC(=O)CC2(C)OCCO2)cc1. The monoisotopic (exact) mass is 376 g/mol. The number of carbonyl (C=O) groups is 1. The average molecular weight is 376 g/mol. The van der Waals surface area contributed by atoms with E-state index in [0.717, 1.165) is 24.3 Å². The lowest BCUT2D eigenvalue weighted by molar-refractivity contribution is -0.159. The molecule has 27 heavy (non-hydrogen) atoms. The molecule has 6 heteroatoms. The summed E-state index contributed by atoms with van der Waals surface area (Å²) in [6, 6.07) is 7.66. The van der Waals surface area contributed by atoms with Gasteiger partial charge in [0.1, 0.15) is 5.75 Å². The van der Waals surface area contributed by atoms with E-state index < -0.39 is 5.79 Å². The number of amides is 1. The molecular weight excluding hydrogens is 344 g/mol. The summed E-state index contributed by atoms with van der Waals surface area (Å²) in [4.78, 5) is 11.9. The number of hydrazone groups is 1. The average Bonchev–Trinajstić information content (AvgIpc) is 3.08. The standard InChI is InChI=1S/C21H32N2O4/c1-3-4-5-6-7-8-13-25-19-11-9-18(10-12-19)17-22-23-20(24)16-21(2)26-14-15-27-21/h9-12,17H,3-8,13-16H2,1-2H3,(H,23,24). The Morgan fingerprint density at radius 2 is 1.81 bits per heavy atom. The smallest absolute Gasteiger partial charge is 0.245 e. The Balaban J connectivity index is 1.63. The molecule has 1 N–H and O–H groups in total. The molecule has 1 aromatic carbocycles. The highest BCUT2D eigenvalue weighted by Gasteiger charge is 2.33. The minimum atomic E-state index is -0.839. The van der Waals surface area contributed by atoms with Gasteiger partial charge in [-0.15, -0.1) is 0 Å². The summed E-state index contributed by atoms with van der Waals surface area (Å²) >= 11 is 0. The number of nitrogens with zero attached hydrogens (tertiary/aromatic N) is 1. The molecule has 1 fully saturated rings. The normalized spacial score (nSPS) is 15.9. The number of rotatable bonds is 12. The van der Waals surface area contributed by atoms with E-state index >= 15 is 0 Å². The fourth-order valence-corrected chi connectivity index (χ4v) is 2.89. The second-order valence-electron chi connectivity index (χ2n) is 6.99. The lowest BCUT2D eigenvalue weighted by Gasteiger charge is -2.20. The van der Waals surface area contributed by atoms with Crippen molar-refractivity contribution in [2.24, 2.45) is 5.10 Å². The maximum atomic E-state index is 11.9. The van der Waals surface area contributed by atoms with Crippen molar-refractivity contribution in [3.63, 3.8) is 0 Å². The van der Waals surface area contributed by atoms with Gasteiger partial charge in [0, 0.05) is 0 Å². The van der Waals surface area contributed by atoms with Crippen molar-refractivity contribution in [1.82, 2.24) is 5.43 Å². The summed E-state index contributed by atoms with van der Waals surface area (Å²) in [5.74, 6) is -0.225. The molecule has 0 unspecified atom stereocenters. The Kier molecular flexibility index (Phi) is 9.28. The molecule has 0 aromatic heterocycles. The number of unbranched alkanes of at least 4 members (excludes halogenated alkanes) is 5. The summed E-state index contributed by atoms with van der Waals surface area (Å²) in [6.45, 7) is 5.76. The van der Waals surface area contributed by atoms with Gasteiger partial charge in [0.05, 0.1) is 32.5 Å². The van der Waals surface area contributed by atoms with Crippen molar-refractivity contribution < 1.29 is 19.0 Å². The van der Waals surface area contributed by atoms with Crippen LogP contribution in [0.2, 0.25) is 0 Å². The van der Waals surface area contributed by atoms with Gasteiger partial charge in [0.15, 0.2) is 5.79 Å². The molecule has 1 amide bonds. The lowest BCUT2D eigenvalue weighted by Crippen LogP contribution is -2.33. The van der Waals surface area contributed by atoms with Gasteiger partial charge in [0.2, 0.25) is 5.91 Å². The van der Waals surface area contributed by atoms with Crippen molar-refractivity contribution in [3.05, 3.63) is 29.8 Å². The molecule has 0 bridgehead atoms. The van der Waals surface area contributed by atoms with E-state index in [0.29, 0.717) is 13.2 Å². The van der Waals surface area contributed by atoms with Gasteiger partial charge in [0.25, 0.3) is 0 Å². The molecule has 1 aromatic rings. The van der Waals surface area contributed by atoms with E-state index in [2.05, 4.69) is 17.5 Å². The number of benzene rings is 1. The molecule has 0 atom stereocenters. The fourth-order valence-electron chi connectivity index (χ4n) is 2.89. The highest BCUT2D eigenvalue weighted by molar-refractivity contribution is 5.82. The van der Waals surface area contributed by atoms with Gasteiger partial charge in [-0.25, -0.2) is 5.43 Å². The van der Waals surface area contributed by atoms with Crippen LogP contribution >= 0.6 is 0 Å². The fraction of sp³-hybridized carbons (Fsp3) is 0.619. The molecule has 150 valence electrons. The first-order valence-corrected chi connectivity index (χ1v) is 9.94. The predicted octanol–water partition coefficient (Wildman–Crippen LogP) is 4.03. The van der Waals surface area contributed by atoms with Crippen molar-refractivity contribution in [2.75, 3.05) is 19.8 Å². The van der Waals surface area contributed by atoms with Gasteiger partial charge in [-0.1, -0.05) is 39.0 Å². The van der Waals surface area contributed by atoms with E-state index in [1.807, 2.05) is 24.3 Å². The van der Waals surface area contributed by atoms with Crippen LogP contribution in [0, 0.1) is 0 Å². The van der Waals surface area contributed by atoms with Crippen LogP contribution in [0.25, 0.3) is 0 Å². The minimum Gasteiger partial charge on any atom is -0.494 e. The summed E-state index contributed by atoms with van der Waals surface area (Å²) in [5, 5.41) is 3.98. The first-order valence-electron chi connectivity index (χ1n) is 9.94. The van der Waals surface area contributed by atoms with Crippen molar-refractivity contribution in [2.45, 2.75) is 64.6 Å². The first-order chi connectivity index (χ1) is 13.1. The number of hydrogen-bond donors (Lipinski definition) is 1. The van der Waals surface area contributed by atoms with Crippen LogP contribution in [0.5, 0.6) is 5.75 Å². The van der Waals surface area contributed by atoms with Crippen LogP contribution < -0.4 is 10.2 Å². The molecule has 1 aliphatic rings. The molecule has 0 spiro atoms. The molecule has 1 heterocycles. The zero-order chi connectivity index (χ0) is 19.4. The Morgan fingerprint density at radius 1 is 1.15 bits per heavy atom. The summed E-state index contributed by atoms with van der Waals surface area (Å²) in [6.07, 6.45) is 9.24. The highest BCUT2D eigenvalue weighted by atomic mass is 16.7. The second-order valence-corrected chi connectivity index (χ2v) is 6.99.